The van der Waals surface area contributed by atoms with Gasteiger partial charge in [-0.3, -0.25) is 10.1 Å². The van der Waals surface area contributed by atoms with Crippen LogP contribution in [0.25, 0.3) is 0 Å². The largest absolute Gasteiger partial charge is 0.389 e. The molecule has 1 N–H and O–H groups in total. The molecule has 0 aliphatic rings. The van der Waals surface area contributed by atoms with Crippen molar-refractivity contribution < 1.29 is 18.1 Å². The second-order valence-electron chi connectivity index (χ2n) is 3.92. The average Bonchev–Trinajstić information content (AvgIpc) is 2.28. The zero-order valence-corrected chi connectivity index (χ0v) is 12.0. The third-order valence-electron chi connectivity index (χ3n) is 2.36. The summed E-state index contributed by atoms with van der Waals surface area (Å²) in [6, 6.07) is 4.67. The summed E-state index contributed by atoms with van der Waals surface area (Å²) in [5.74, 6) is 0. The Labute approximate surface area is 121 Å². The fraction of sp³-hybridized carbons (Fsp3) is 0.455. The van der Waals surface area contributed by atoms with Crippen LogP contribution in [0.2, 0.25) is 0 Å². The van der Waals surface area contributed by atoms with E-state index in [2.05, 4.69) is 5.32 Å². The van der Waals surface area contributed by atoms with Crippen LogP contribution in [-0.2, 0) is 0 Å². The summed E-state index contributed by atoms with van der Waals surface area (Å²) >= 11 is 1.96. The Bertz CT molecular complexity index is 452. The SMILES string of the molecule is O=[N+]([O-])c1cc(I)ccc1NCCCCC(F)(F)F. The van der Waals surface area contributed by atoms with Crippen molar-refractivity contribution in [2.24, 2.45) is 0 Å². The minimum Gasteiger partial charge on any atom is -0.379 e. The number of nitrogens with one attached hydrogen (secondary N) is 1. The first-order valence-corrected chi connectivity index (χ1v) is 6.62. The smallest absolute Gasteiger partial charge is 0.379 e. The topological polar surface area (TPSA) is 55.2 Å². The first-order chi connectivity index (χ1) is 8.79. The number of benzene rings is 1. The van der Waals surface area contributed by atoms with E-state index in [9.17, 15) is 23.3 Å². The summed E-state index contributed by atoms with van der Waals surface area (Å²) in [7, 11) is 0. The maximum atomic E-state index is 11.9. The van der Waals surface area contributed by atoms with Gasteiger partial charge in [0.05, 0.1) is 4.92 Å². The van der Waals surface area contributed by atoms with E-state index in [-0.39, 0.29) is 18.7 Å². The molecule has 0 saturated heterocycles. The first-order valence-electron chi connectivity index (χ1n) is 5.54. The molecule has 0 saturated carbocycles. The molecule has 0 heterocycles. The molecule has 0 aliphatic carbocycles. The van der Waals surface area contributed by atoms with E-state index in [1.54, 1.807) is 12.1 Å². The Morgan fingerprint density at radius 3 is 2.58 bits per heavy atom. The fourth-order valence-electron chi connectivity index (χ4n) is 1.48. The molecule has 0 aromatic heterocycles. The summed E-state index contributed by atoms with van der Waals surface area (Å²) in [4.78, 5) is 10.3. The fourth-order valence-corrected chi connectivity index (χ4v) is 1.95. The van der Waals surface area contributed by atoms with E-state index in [0.29, 0.717) is 12.1 Å². The quantitative estimate of drug-likeness (QED) is 0.341. The number of unbranched alkanes of at least 4 members (excludes halogenated alkanes) is 1. The van der Waals surface area contributed by atoms with Crippen LogP contribution in [-0.4, -0.2) is 17.6 Å². The van der Waals surface area contributed by atoms with Crippen molar-refractivity contribution >= 4 is 34.0 Å². The van der Waals surface area contributed by atoms with Crippen molar-refractivity contribution in [1.29, 1.82) is 0 Å². The standard InChI is InChI=1S/C11H12F3IN2O2/c12-11(13,14)5-1-2-6-16-9-4-3-8(15)7-10(9)17(18)19/h3-4,7,16H,1-2,5-6H2. The zero-order valence-electron chi connectivity index (χ0n) is 9.84. The van der Waals surface area contributed by atoms with Gasteiger partial charge in [0.15, 0.2) is 0 Å². The molecular weight excluding hydrogens is 376 g/mol. The van der Waals surface area contributed by atoms with Crippen LogP contribution in [0.4, 0.5) is 24.5 Å². The van der Waals surface area contributed by atoms with Gasteiger partial charge in [0.25, 0.3) is 5.69 Å². The molecule has 0 fully saturated rings. The zero-order chi connectivity index (χ0) is 14.5. The van der Waals surface area contributed by atoms with Gasteiger partial charge < -0.3 is 5.32 Å². The van der Waals surface area contributed by atoms with Gasteiger partial charge in [-0.25, -0.2) is 0 Å². The summed E-state index contributed by atoms with van der Waals surface area (Å²) < 4.78 is 36.5. The van der Waals surface area contributed by atoms with Crippen molar-refractivity contribution in [2.75, 3.05) is 11.9 Å². The maximum Gasteiger partial charge on any atom is 0.389 e. The Hall–Kier alpha value is -1.06. The van der Waals surface area contributed by atoms with Gasteiger partial charge >= 0.3 is 6.18 Å². The Balaban J connectivity index is 2.47. The van der Waals surface area contributed by atoms with Crippen LogP contribution in [0.3, 0.4) is 0 Å². The molecule has 8 heteroatoms. The van der Waals surface area contributed by atoms with Gasteiger partial charge in [-0.2, -0.15) is 13.2 Å². The highest BCUT2D eigenvalue weighted by Crippen LogP contribution is 2.26. The number of rotatable bonds is 6. The van der Waals surface area contributed by atoms with Gasteiger partial charge in [0, 0.05) is 22.6 Å². The molecule has 19 heavy (non-hydrogen) atoms. The number of nitro benzene ring substituents is 1. The molecule has 1 aromatic rings. The lowest BCUT2D eigenvalue weighted by Crippen LogP contribution is -2.09. The second-order valence-corrected chi connectivity index (χ2v) is 5.16. The predicted octanol–water partition coefficient (Wildman–Crippen LogP) is 4.34. The highest BCUT2D eigenvalue weighted by Gasteiger charge is 2.25. The molecule has 4 nitrogen and oxygen atoms in total. The molecular formula is C11H12F3IN2O2. The third kappa shape index (κ3) is 6.08. The molecule has 0 amide bonds. The van der Waals surface area contributed by atoms with Gasteiger partial charge in [-0.1, -0.05) is 0 Å². The molecule has 106 valence electrons. The number of nitro groups is 1. The lowest BCUT2D eigenvalue weighted by molar-refractivity contribution is -0.384. The molecule has 0 atom stereocenters. The summed E-state index contributed by atoms with van der Waals surface area (Å²) in [5.41, 5.74) is 0.264. The highest BCUT2D eigenvalue weighted by molar-refractivity contribution is 14.1. The first kappa shape index (κ1) is 16.0. The Kier molecular flexibility index (Phi) is 5.83. The predicted molar refractivity (Wildman–Crippen MR) is 74.2 cm³/mol. The minimum absolute atomic E-state index is 0.00860. The summed E-state index contributed by atoms with van der Waals surface area (Å²) in [5, 5.41) is 13.6. The third-order valence-corrected chi connectivity index (χ3v) is 3.03. The molecule has 0 aliphatic heterocycles. The second kappa shape index (κ2) is 6.92. The molecule has 0 unspecified atom stereocenters. The molecule has 0 bridgehead atoms. The molecule has 0 radical (unpaired) electrons. The Morgan fingerprint density at radius 1 is 1.32 bits per heavy atom. The van der Waals surface area contributed by atoms with Crippen molar-refractivity contribution in [1.82, 2.24) is 0 Å². The van der Waals surface area contributed by atoms with Crippen LogP contribution >= 0.6 is 22.6 Å². The molecule has 0 spiro atoms. The van der Waals surface area contributed by atoms with E-state index in [1.807, 2.05) is 22.6 Å². The number of hydrogen-bond acceptors (Lipinski definition) is 3. The molecule has 1 rings (SSSR count). The van der Waals surface area contributed by atoms with Gasteiger partial charge in [-0.05, 0) is 47.6 Å². The highest BCUT2D eigenvalue weighted by atomic mass is 127. The van der Waals surface area contributed by atoms with E-state index in [0.717, 1.165) is 3.57 Å². The van der Waals surface area contributed by atoms with E-state index >= 15 is 0 Å². The summed E-state index contributed by atoms with van der Waals surface area (Å²) in [6.45, 7) is 0.275. The van der Waals surface area contributed by atoms with Crippen LogP contribution in [0, 0.1) is 13.7 Å². The van der Waals surface area contributed by atoms with Crippen LogP contribution < -0.4 is 5.32 Å². The number of nitrogens with zero attached hydrogens (tertiary/aromatic N) is 1. The number of anilines is 1. The van der Waals surface area contributed by atoms with Gasteiger partial charge in [-0.15, -0.1) is 0 Å². The van der Waals surface area contributed by atoms with E-state index in [1.165, 1.54) is 6.07 Å². The summed E-state index contributed by atoms with van der Waals surface area (Å²) in [6.07, 6.45) is -4.66. The van der Waals surface area contributed by atoms with Crippen molar-refractivity contribution in [3.63, 3.8) is 0 Å². The van der Waals surface area contributed by atoms with E-state index in [4.69, 9.17) is 0 Å². The normalized spacial score (nSPS) is 11.4. The minimum atomic E-state index is -4.14. The van der Waals surface area contributed by atoms with Gasteiger partial charge in [0.1, 0.15) is 5.69 Å². The van der Waals surface area contributed by atoms with Crippen molar-refractivity contribution in [3.8, 4) is 0 Å². The number of alkyl halides is 3. The Morgan fingerprint density at radius 2 is 2.00 bits per heavy atom. The van der Waals surface area contributed by atoms with Crippen LogP contribution in [0.5, 0.6) is 0 Å². The molecule has 1 aromatic carbocycles. The number of hydrogen-bond donors (Lipinski definition) is 1. The van der Waals surface area contributed by atoms with Crippen molar-refractivity contribution in [2.45, 2.75) is 25.4 Å². The lowest BCUT2D eigenvalue weighted by atomic mass is 10.2. The monoisotopic (exact) mass is 388 g/mol. The maximum absolute atomic E-state index is 11.9. The number of halogens is 4. The van der Waals surface area contributed by atoms with E-state index < -0.39 is 17.5 Å². The average molecular weight is 388 g/mol. The van der Waals surface area contributed by atoms with Crippen LogP contribution in [0.15, 0.2) is 18.2 Å². The van der Waals surface area contributed by atoms with Crippen LogP contribution in [0.1, 0.15) is 19.3 Å². The van der Waals surface area contributed by atoms with Gasteiger partial charge in [0.2, 0.25) is 0 Å². The van der Waals surface area contributed by atoms with Crippen molar-refractivity contribution in [3.05, 3.63) is 31.9 Å². The lowest BCUT2D eigenvalue weighted by Gasteiger charge is -2.08.